The summed E-state index contributed by atoms with van der Waals surface area (Å²) in [4.78, 5) is 14.3. The van der Waals surface area contributed by atoms with Crippen molar-refractivity contribution < 1.29 is 4.79 Å². The highest BCUT2D eigenvalue weighted by atomic mass is 79.9. The zero-order valence-corrected chi connectivity index (χ0v) is 12.0. The molecule has 0 aromatic carbocycles. The van der Waals surface area contributed by atoms with Crippen LogP contribution in [0.1, 0.15) is 37.0 Å². The van der Waals surface area contributed by atoms with E-state index in [1.54, 1.807) is 11.3 Å². The topological polar surface area (TPSA) is 20.3 Å². The number of likely N-dealkylation sites (tertiary alicyclic amines) is 1. The van der Waals surface area contributed by atoms with E-state index in [-0.39, 0.29) is 5.91 Å². The van der Waals surface area contributed by atoms with Crippen LogP contribution in [0.2, 0.25) is 0 Å². The number of hydrogen-bond acceptors (Lipinski definition) is 2. The average molecular weight is 302 g/mol. The SMILES string of the molecule is CC1CCCN(C(=O)c2csc(Br)c2)C1C. The first-order chi connectivity index (χ1) is 7.59. The number of hydrogen-bond donors (Lipinski definition) is 0. The van der Waals surface area contributed by atoms with Gasteiger partial charge in [-0.15, -0.1) is 11.3 Å². The summed E-state index contributed by atoms with van der Waals surface area (Å²) < 4.78 is 1.02. The molecule has 2 heterocycles. The summed E-state index contributed by atoms with van der Waals surface area (Å²) in [6, 6.07) is 2.28. The minimum absolute atomic E-state index is 0.181. The van der Waals surface area contributed by atoms with Crippen LogP contribution in [0.4, 0.5) is 0 Å². The van der Waals surface area contributed by atoms with E-state index in [2.05, 4.69) is 29.8 Å². The molecule has 4 heteroatoms. The Hall–Kier alpha value is -0.350. The molecular formula is C12H16BrNOS. The van der Waals surface area contributed by atoms with Crippen molar-refractivity contribution in [1.29, 1.82) is 0 Å². The smallest absolute Gasteiger partial charge is 0.254 e. The first-order valence-electron chi connectivity index (χ1n) is 5.64. The highest BCUT2D eigenvalue weighted by molar-refractivity contribution is 9.11. The molecule has 2 unspecified atom stereocenters. The molecule has 16 heavy (non-hydrogen) atoms. The molecule has 0 N–H and O–H groups in total. The Labute approximate surface area is 109 Å². The van der Waals surface area contributed by atoms with Gasteiger partial charge in [-0.2, -0.15) is 0 Å². The van der Waals surface area contributed by atoms with E-state index in [9.17, 15) is 4.79 Å². The summed E-state index contributed by atoms with van der Waals surface area (Å²) >= 11 is 4.97. The molecule has 1 aliphatic heterocycles. The molecule has 2 nitrogen and oxygen atoms in total. The van der Waals surface area contributed by atoms with Gasteiger partial charge in [-0.05, 0) is 47.7 Å². The molecule has 1 aromatic rings. The van der Waals surface area contributed by atoms with E-state index >= 15 is 0 Å². The maximum absolute atomic E-state index is 12.3. The van der Waals surface area contributed by atoms with E-state index in [1.807, 2.05) is 16.3 Å². The van der Waals surface area contributed by atoms with Gasteiger partial charge in [0.1, 0.15) is 0 Å². The lowest BCUT2D eigenvalue weighted by molar-refractivity contribution is 0.0551. The summed E-state index contributed by atoms with van der Waals surface area (Å²) in [5.74, 6) is 0.792. The van der Waals surface area contributed by atoms with Gasteiger partial charge in [-0.1, -0.05) is 6.92 Å². The van der Waals surface area contributed by atoms with E-state index in [0.29, 0.717) is 12.0 Å². The van der Waals surface area contributed by atoms with Crippen LogP contribution in [0.25, 0.3) is 0 Å². The standard InChI is InChI=1S/C12H16BrNOS/c1-8-4-3-5-14(9(8)2)12(15)10-6-11(13)16-7-10/h6-9H,3-5H2,1-2H3. The summed E-state index contributed by atoms with van der Waals surface area (Å²) in [5.41, 5.74) is 0.817. The minimum Gasteiger partial charge on any atom is -0.336 e. The Bertz CT molecular complexity index is 390. The lowest BCUT2D eigenvalue weighted by atomic mass is 9.92. The molecular weight excluding hydrogens is 286 g/mol. The Morgan fingerprint density at radius 3 is 2.94 bits per heavy atom. The number of carbonyl (C=O) groups excluding carboxylic acids is 1. The van der Waals surface area contributed by atoms with Crippen LogP contribution >= 0.6 is 27.3 Å². The third-order valence-electron chi connectivity index (χ3n) is 3.45. The molecule has 88 valence electrons. The summed E-state index contributed by atoms with van der Waals surface area (Å²) in [5, 5.41) is 1.93. The number of rotatable bonds is 1. The number of amides is 1. The highest BCUT2D eigenvalue weighted by Crippen LogP contribution is 2.27. The second kappa shape index (κ2) is 4.88. The molecule has 1 aliphatic rings. The van der Waals surface area contributed by atoms with Crippen molar-refractivity contribution in [1.82, 2.24) is 4.90 Å². The van der Waals surface area contributed by atoms with Crippen LogP contribution < -0.4 is 0 Å². The fourth-order valence-corrected chi connectivity index (χ4v) is 3.34. The van der Waals surface area contributed by atoms with Crippen LogP contribution in [-0.4, -0.2) is 23.4 Å². The zero-order valence-electron chi connectivity index (χ0n) is 9.57. The number of thiophene rings is 1. The molecule has 0 radical (unpaired) electrons. The van der Waals surface area contributed by atoms with E-state index < -0.39 is 0 Å². The molecule has 0 aliphatic carbocycles. The first-order valence-corrected chi connectivity index (χ1v) is 7.32. The van der Waals surface area contributed by atoms with Gasteiger partial charge in [-0.25, -0.2) is 0 Å². The molecule has 2 rings (SSSR count). The van der Waals surface area contributed by atoms with Crippen LogP contribution in [0.15, 0.2) is 15.2 Å². The van der Waals surface area contributed by atoms with Gasteiger partial charge in [-0.3, -0.25) is 4.79 Å². The minimum atomic E-state index is 0.181. The number of carbonyl (C=O) groups is 1. The monoisotopic (exact) mass is 301 g/mol. The van der Waals surface area contributed by atoms with Gasteiger partial charge >= 0.3 is 0 Å². The molecule has 0 saturated carbocycles. The second-order valence-corrected chi connectivity index (χ2v) is 6.79. The van der Waals surface area contributed by atoms with Crippen molar-refractivity contribution in [3.05, 3.63) is 20.8 Å². The number of piperidine rings is 1. The van der Waals surface area contributed by atoms with E-state index in [4.69, 9.17) is 0 Å². The Morgan fingerprint density at radius 2 is 2.31 bits per heavy atom. The van der Waals surface area contributed by atoms with Gasteiger partial charge < -0.3 is 4.90 Å². The average Bonchev–Trinajstić information content (AvgIpc) is 2.68. The van der Waals surface area contributed by atoms with Crippen molar-refractivity contribution in [2.24, 2.45) is 5.92 Å². The fourth-order valence-electron chi connectivity index (χ4n) is 2.21. The lowest BCUT2D eigenvalue weighted by Crippen LogP contribution is -2.45. The van der Waals surface area contributed by atoms with E-state index in [1.165, 1.54) is 6.42 Å². The van der Waals surface area contributed by atoms with Crippen LogP contribution in [0, 0.1) is 5.92 Å². The van der Waals surface area contributed by atoms with Gasteiger partial charge in [0.15, 0.2) is 0 Å². The predicted octanol–water partition coefficient (Wildman–Crippen LogP) is 3.77. The summed E-state index contributed by atoms with van der Waals surface area (Å²) in [6.07, 6.45) is 2.36. The predicted molar refractivity (Wildman–Crippen MR) is 70.9 cm³/mol. The first kappa shape index (κ1) is 12.1. The Morgan fingerprint density at radius 1 is 1.56 bits per heavy atom. The van der Waals surface area contributed by atoms with Crippen molar-refractivity contribution in [2.75, 3.05) is 6.54 Å². The maximum atomic E-state index is 12.3. The molecule has 0 bridgehead atoms. The fraction of sp³-hybridized carbons (Fsp3) is 0.583. The van der Waals surface area contributed by atoms with Crippen molar-refractivity contribution in [3.63, 3.8) is 0 Å². The van der Waals surface area contributed by atoms with Crippen LogP contribution in [0.3, 0.4) is 0 Å². The molecule has 1 aromatic heterocycles. The third kappa shape index (κ3) is 2.33. The molecule has 1 amide bonds. The summed E-state index contributed by atoms with van der Waals surface area (Å²) in [6.45, 7) is 5.29. The van der Waals surface area contributed by atoms with Crippen molar-refractivity contribution >= 4 is 33.2 Å². The Balaban J connectivity index is 2.15. The molecule has 1 saturated heterocycles. The van der Waals surface area contributed by atoms with E-state index in [0.717, 1.165) is 22.3 Å². The zero-order chi connectivity index (χ0) is 11.7. The molecule has 0 spiro atoms. The highest BCUT2D eigenvalue weighted by Gasteiger charge is 2.29. The second-order valence-electron chi connectivity index (χ2n) is 4.50. The van der Waals surface area contributed by atoms with Gasteiger partial charge in [0.2, 0.25) is 0 Å². The van der Waals surface area contributed by atoms with Crippen LogP contribution in [-0.2, 0) is 0 Å². The lowest BCUT2D eigenvalue weighted by Gasteiger charge is -2.37. The van der Waals surface area contributed by atoms with Gasteiger partial charge in [0.25, 0.3) is 5.91 Å². The van der Waals surface area contributed by atoms with Crippen molar-refractivity contribution in [3.8, 4) is 0 Å². The van der Waals surface area contributed by atoms with Crippen molar-refractivity contribution in [2.45, 2.75) is 32.7 Å². The Kier molecular flexibility index (Phi) is 3.70. The largest absolute Gasteiger partial charge is 0.336 e. The molecule has 1 fully saturated rings. The third-order valence-corrected chi connectivity index (χ3v) is 4.95. The normalized spacial score (nSPS) is 25.8. The van der Waals surface area contributed by atoms with Gasteiger partial charge in [0.05, 0.1) is 9.35 Å². The number of nitrogens with zero attached hydrogens (tertiary/aromatic N) is 1. The molecule has 2 atom stereocenters. The maximum Gasteiger partial charge on any atom is 0.254 e. The number of halogens is 1. The van der Waals surface area contributed by atoms with Gasteiger partial charge in [0, 0.05) is 18.0 Å². The van der Waals surface area contributed by atoms with Crippen LogP contribution in [0.5, 0.6) is 0 Å². The quantitative estimate of drug-likeness (QED) is 0.773. The summed E-state index contributed by atoms with van der Waals surface area (Å²) in [7, 11) is 0.